The van der Waals surface area contributed by atoms with Crippen molar-refractivity contribution in [3.8, 4) is 22.9 Å². The Morgan fingerprint density at radius 2 is 1.84 bits per heavy atom. The van der Waals surface area contributed by atoms with Gasteiger partial charge in [0, 0.05) is 12.6 Å². The van der Waals surface area contributed by atoms with E-state index in [1.165, 1.54) is 12.0 Å². The lowest BCUT2D eigenvalue weighted by Gasteiger charge is -2.14. The predicted molar refractivity (Wildman–Crippen MR) is 109 cm³/mol. The topological polar surface area (TPSA) is 121 Å². The third kappa shape index (κ3) is 4.20. The molecule has 0 spiro atoms. The highest BCUT2D eigenvalue weighted by Gasteiger charge is 2.46. The van der Waals surface area contributed by atoms with Gasteiger partial charge in [0.2, 0.25) is 17.6 Å². The number of aromatic nitrogens is 2. The SMILES string of the molecule is COc1ccc(-c2noc(COC(=O)CCN3C(=O)C4CC=CCC4C3=O)n2)c(OC)c1. The summed E-state index contributed by atoms with van der Waals surface area (Å²) in [7, 11) is 3.07. The average Bonchev–Trinajstić information content (AvgIpc) is 3.39. The van der Waals surface area contributed by atoms with Gasteiger partial charge in [-0.15, -0.1) is 0 Å². The Kier molecular flexibility index (Phi) is 6.20. The van der Waals surface area contributed by atoms with Gasteiger partial charge < -0.3 is 18.7 Å². The van der Waals surface area contributed by atoms with Crippen LogP contribution in [0.2, 0.25) is 0 Å². The molecule has 2 amide bonds. The van der Waals surface area contributed by atoms with E-state index in [9.17, 15) is 14.4 Å². The van der Waals surface area contributed by atoms with E-state index in [1.807, 2.05) is 12.2 Å². The number of amides is 2. The van der Waals surface area contributed by atoms with Crippen molar-refractivity contribution in [3.63, 3.8) is 0 Å². The largest absolute Gasteiger partial charge is 0.497 e. The Balaban J connectivity index is 1.30. The standard InChI is InChI=1S/C22H23N3O7/c1-29-13-7-8-16(17(11-13)30-2)20-23-18(32-24-20)12-31-19(26)9-10-25-21(27)14-5-3-4-6-15(14)22(25)28/h3-4,7-8,11,14-15H,5-6,9-10,12H2,1-2H3. The molecular weight excluding hydrogens is 418 g/mol. The van der Waals surface area contributed by atoms with E-state index in [-0.39, 0.29) is 54.9 Å². The number of methoxy groups -OCH3 is 2. The number of carbonyl (C=O) groups is 3. The number of likely N-dealkylation sites (tertiary alicyclic amines) is 1. The van der Waals surface area contributed by atoms with Crippen LogP contribution in [0.4, 0.5) is 0 Å². The summed E-state index contributed by atoms with van der Waals surface area (Å²) >= 11 is 0. The van der Waals surface area contributed by atoms with Crippen molar-refractivity contribution < 1.29 is 33.1 Å². The van der Waals surface area contributed by atoms with Crippen molar-refractivity contribution in [2.45, 2.75) is 25.9 Å². The van der Waals surface area contributed by atoms with Crippen LogP contribution in [0.25, 0.3) is 11.4 Å². The normalized spacial score (nSPS) is 19.8. The smallest absolute Gasteiger partial charge is 0.308 e. The van der Waals surface area contributed by atoms with Crippen LogP contribution in [-0.4, -0.2) is 53.6 Å². The Labute approximate surface area is 184 Å². The van der Waals surface area contributed by atoms with Gasteiger partial charge in [0.1, 0.15) is 11.5 Å². The molecular formula is C22H23N3O7. The first-order chi connectivity index (χ1) is 15.5. The molecule has 168 valence electrons. The number of rotatable bonds is 8. The number of carbonyl (C=O) groups excluding carboxylic acids is 3. The number of hydrogen-bond donors (Lipinski definition) is 0. The number of nitrogens with zero attached hydrogens (tertiary/aromatic N) is 3. The summed E-state index contributed by atoms with van der Waals surface area (Å²) in [6.45, 7) is -0.219. The number of esters is 1. The maximum Gasteiger partial charge on any atom is 0.308 e. The first kappa shape index (κ1) is 21.5. The van der Waals surface area contributed by atoms with Crippen molar-refractivity contribution in [3.05, 3.63) is 36.2 Å². The molecule has 4 rings (SSSR count). The monoisotopic (exact) mass is 441 g/mol. The lowest BCUT2D eigenvalue weighted by atomic mass is 9.85. The third-order valence-corrected chi connectivity index (χ3v) is 5.61. The lowest BCUT2D eigenvalue weighted by Crippen LogP contribution is -2.33. The Morgan fingerprint density at radius 1 is 1.12 bits per heavy atom. The minimum atomic E-state index is -0.569. The molecule has 1 saturated heterocycles. The fourth-order valence-electron chi connectivity index (χ4n) is 3.91. The minimum Gasteiger partial charge on any atom is -0.497 e. The number of imide groups is 1. The quantitative estimate of drug-likeness (QED) is 0.344. The zero-order valence-electron chi connectivity index (χ0n) is 17.8. The second-order valence-electron chi connectivity index (χ2n) is 7.47. The molecule has 10 heteroatoms. The van der Waals surface area contributed by atoms with Crippen LogP contribution >= 0.6 is 0 Å². The van der Waals surface area contributed by atoms with E-state index in [0.29, 0.717) is 29.9 Å². The zero-order valence-corrected chi connectivity index (χ0v) is 17.8. The van der Waals surface area contributed by atoms with E-state index in [2.05, 4.69) is 10.1 Å². The predicted octanol–water partition coefficient (Wildman–Crippen LogP) is 2.14. The maximum atomic E-state index is 12.4. The van der Waals surface area contributed by atoms with Crippen LogP contribution in [0, 0.1) is 11.8 Å². The van der Waals surface area contributed by atoms with Crippen molar-refractivity contribution in [2.75, 3.05) is 20.8 Å². The van der Waals surface area contributed by atoms with Crippen LogP contribution in [0.5, 0.6) is 11.5 Å². The summed E-state index contributed by atoms with van der Waals surface area (Å²) < 4.78 is 20.8. The molecule has 10 nitrogen and oxygen atoms in total. The number of allylic oxidation sites excluding steroid dienone is 2. The number of ether oxygens (including phenoxy) is 3. The van der Waals surface area contributed by atoms with Crippen LogP contribution in [0.1, 0.15) is 25.2 Å². The molecule has 32 heavy (non-hydrogen) atoms. The van der Waals surface area contributed by atoms with Gasteiger partial charge >= 0.3 is 5.97 Å². The zero-order chi connectivity index (χ0) is 22.7. The molecule has 0 N–H and O–H groups in total. The summed E-state index contributed by atoms with van der Waals surface area (Å²) in [5.74, 6) is -0.111. The van der Waals surface area contributed by atoms with Crippen molar-refractivity contribution in [1.82, 2.24) is 15.0 Å². The molecule has 1 aromatic heterocycles. The molecule has 1 fully saturated rings. The second-order valence-corrected chi connectivity index (χ2v) is 7.47. The molecule has 0 radical (unpaired) electrons. The summed E-state index contributed by atoms with van der Waals surface area (Å²) in [6, 6.07) is 5.16. The fourth-order valence-corrected chi connectivity index (χ4v) is 3.91. The van der Waals surface area contributed by atoms with E-state index in [1.54, 1.807) is 25.3 Å². The van der Waals surface area contributed by atoms with Crippen LogP contribution in [-0.2, 0) is 25.7 Å². The van der Waals surface area contributed by atoms with Gasteiger partial charge in [-0.1, -0.05) is 17.3 Å². The lowest BCUT2D eigenvalue weighted by molar-refractivity contribution is -0.147. The maximum absolute atomic E-state index is 12.4. The van der Waals surface area contributed by atoms with E-state index < -0.39 is 5.97 Å². The van der Waals surface area contributed by atoms with Crippen LogP contribution < -0.4 is 9.47 Å². The highest BCUT2D eigenvalue weighted by atomic mass is 16.6. The first-order valence-corrected chi connectivity index (χ1v) is 10.2. The molecule has 2 heterocycles. The molecule has 2 atom stereocenters. The first-order valence-electron chi connectivity index (χ1n) is 10.2. The van der Waals surface area contributed by atoms with Gasteiger partial charge in [-0.3, -0.25) is 19.3 Å². The van der Waals surface area contributed by atoms with Crippen molar-refractivity contribution in [2.24, 2.45) is 11.8 Å². The van der Waals surface area contributed by atoms with Gasteiger partial charge in [-0.25, -0.2) is 0 Å². The van der Waals surface area contributed by atoms with Crippen LogP contribution in [0.3, 0.4) is 0 Å². The second kappa shape index (κ2) is 9.21. The van der Waals surface area contributed by atoms with Gasteiger partial charge in [-0.2, -0.15) is 4.98 Å². The van der Waals surface area contributed by atoms with Gasteiger partial charge in [0.05, 0.1) is 38.0 Å². The van der Waals surface area contributed by atoms with Crippen molar-refractivity contribution in [1.29, 1.82) is 0 Å². The molecule has 2 aliphatic rings. The third-order valence-electron chi connectivity index (χ3n) is 5.61. The van der Waals surface area contributed by atoms with Crippen molar-refractivity contribution >= 4 is 17.8 Å². The molecule has 1 aliphatic carbocycles. The molecule has 1 aliphatic heterocycles. The van der Waals surface area contributed by atoms with Crippen LogP contribution in [0.15, 0.2) is 34.9 Å². The van der Waals surface area contributed by atoms with Gasteiger partial charge in [0.25, 0.3) is 5.89 Å². The Hall–Kier alpha value is -3.69. The molecule has 2 unspecified atom stereocenters. The minimum absolute atomic E-state index is 0.00162. The summed E-state index contributed by atoms with van der Waals surface area (Å²) in [6.07, 6.45) is 4.87. The Bertz CT molecular complexity index is 1040. The van der Waals surface area contributed by atoms with E-state index in [0.717, 1.165) is 0 Å². The molecule has 0 bridgehead atoms. The highest BCUT2D eigenvalue weighted by Crippen LogP contribution is 2.35. The molecule has 2 aromatic rings. The number of hydrogen-bond acceptors (Lipinski definition) is 9. The van der Waals surface area contributed by atoms with E-state index in [4.69, 9.17) is 18.7 Å². The average molecular weight is 441 g/mol. The number of fused-ring (bicyclic) bond motifs is 1. The number of benzene rings is 1. The molecule has 1 aromatic carbocycles. The summed E-state index contributed by atoms with van der Waals surface area (Å²) in [5.41, 5.74) is 0.594. The summed E-state index contributed by atoms with van der Waals surface area (Å²) in [5, 5.41) is 3.90. The van der Waals surface area contributed by atoms with Gasteiger partial charge in [0.15, 0.2) is 6.61 Å². The highest BCUT2D eigenvalue weighted by molar-refractivity contribution is 6.05. The molecule has 0 saturated carbocycles. The Morgan fingerprint density at radius 3 is 2.50 bits per heavy atom. The van der Waals surface area contributed by atoms with Gasteiger partial charge in [-0.05, 0) is 25.0 Å². The fraction of sp³-hybridized carbons (Fsp3) is 0.409. The summed E-state index contributed by atoms with van der Waals surface area (Å²) in [4.78, 5) is 42.4. The van der Waals surface area contributed by atoms with E-state index >= 15 is 0 Å².